The summed E-state index contributed by atoms with van der Waals surface area (Å²) in [5.74, 6) is -3.88. The molecular formula is C22H17FN4O5. The third-order valence-corrected chi connectivity index (χ3v) is 7.25. The van der Waals surface area contributed by atoms with E-state index in [1.165, 1.54) is 42.5 Å². The Bertz CT molecular complexity index is 1250. The Kier molecular flexibility index (Phi) is 3.69. The van der Waals surface area contributed by atoms with Crippen molar-refractivity contribution in [2.45, 2.75) is 24.4 Å². The van der Waals surface area contributed by atoms with E-state index in [0.717, 1.165) is 11.3 Å². The summed E-state index contributed by atoms with van der Waals surface area (Å²) in [4.78, 5) is 54.2. The Morgan fingerprint density at radius 3 is 2.72 bits per heavy atom. The van der Waals surface area contributed by atoms with E-state index in [4.69, 9.17) is 0 Å². The van der Waals surface area contributed by atoms with Crippen molar-refractivity contribution in [1.82, 2.24) is 4.90 Å². The van der Waals surface area contributed by atoms with E-state index in [9.17, 15) is 28.9 Å². The SMILES string of the molecule is O=C1[C@H]2[C@@H](C(=O)N1c1cccc([N+](=O)[O-])c1)[C@]1(C(=O)Nc3ccc(F)cc31)N1CCC[C@@H]21. The van der Waals surface area contributed by atoms with E-state index in [1.807, 2.05) is 4.90 Å². The van der Waals surface area contributed by atoms with Crippen LogP contribution in [0.5, 0.6) is 0 Å². The van der Waals surface area contributed by atoms with Crippen LogP contribution in [0.3, 0.4) is 0 Å². The van der Waals surface area contributed by atoms with Crippen LogP contribution in [0.2, 0.25) is 0 Å². The van der Waals surface area contributed by atoms with E-state index in [0.29, 0.717) is 24.2 Å². The van der Waals surface area contributed by atoms with Gasteiger partial charge in [-0.05, 0) is 43.7 Å². The number of nitro groups is 1. The van der Waals surface area contributed by atoms with Crippen LogP contribution < -0.4 is 10.2 Å². The lowest BCUT2D eigenvalue weighted by Crippen LogP contribution is -2.54. The molecule has 2 aromatic rings. The van der Waals surface area contributed by atoms with Crippen LogP contribution in [-0.2, 0) is 19.9 Å². The molecule has 6 rings (SSSR count). The second-order valence-electron chi connectivity index (χ2n) is 8.61. The number of fused-ring (bicyclic) bond motifs is 7. The minimum atomic E-state index is -1.48. The highest BCUT2D eigenvalue weighted by Gasteiger charge is 2.74. The topological polar surface area (TPSA) is 113 Å². The fourth-order valence-corrected chi connectivity index (χ4v) is 6.18. The number of nitrogens with one attached hydrogen (secondary N) is 1. The number of imide groups is 1. The molecule has 10 heteroatoms. The van der Waals surface area contributed by atoms with Gasteiger partial charge in [0.25, 0.3) is 5.69 Å². The molecule has 3 amide bonds. The van der Waals surface area contributed by atoms with Gasteiger partial charge in [-0.3, -0.25) is 29.4 Å². The number of hydrogen-bond acceptors (Lipinski definition) is 6. The highest BCUT2D eigenvalue weighted by atomic mass is 19.1. The van der Waals surface area contributed by atoms with Crippen molar-refractivity contribution in [3.63, 3.8) is 0 Å². The van der Waals surface area contributed by atoms with E-state index >= 15 is 0 Å². The standard InChI is InChI=1S/C22H17FN4O5/c23-11-6-7-15-14(9-11)22(21(30)24-15)18-17(16-5-2-8-25(16)22)19(28)26(20(18)29)12-3-1-4-13(10-12)27(31)32/h1,3-4,6-7,9-10,16-18H,2,5,8H2,(H,24,30)/t16-,17+,18-,22+/m0/s1. The van der Waals surface area contributed by atoms with Crippen molar-refractivity contribution in [3.8, 4) is 0 Å². The molecule has 3 saturated heterocycles. The van der Waals surface area contributed by atoms with Crippen molar-refractivity contribution in [3.05, 3.63) is 64.0 Å². The maximum absolute atomic E-state index is 14.3. The van der Waals surface area contributed by atoms with Gasteiger partial charge in [-0.15, -0.1) is 0 Å². The maximum atomic E-state index is 14.3. The van der Waals surface area contributed by atoms with Crippen LogP contribution in [0.25, 0.3) is 0 Å². The molecule has 1 N–H and O–H groups in total. The first kappa shape index (κ1) is 19.1. The van der Waals surface area contributed by atoms with Gasteiger partial charge in [-0.2, -0.15) is 0 Å². The lowest BCUT2D eigenvalue weighted by Gasteiger charge is -2.36. The summed E-state index contributed by atoms with van der Waals surface area (Å²) in [7, 11) is 0. The van der Waals surface area contributed by atoms with Gasteiger partial charge in [-0.25, -0.2) is 9.29 Å². The highest BCUT2D eigenvalue weighted by Crippen LogP contribution is 2.60. The zero-order valence-corrected chi connectivity index (χ0v) is 16.7. The van der Waals surface area contributed by atoms with Crippen molar-refractivity contribution in [2.75, 3.05) is 16.8 Å². The summed E-state index contributed by atoms with van der Waals surface area (Å²) in [5.41, 5.74) is -0.837. The average molecular weight is 436 g/mol. The number of benzene rings is 2. The van der Waals surface area contributed by atoms with E-state index in [2.05, 4.69) is 5.32 Å². The van der Waals surface area contributed by atoms with Crippen LogP contribution in [0, 0.1) is 27.8 Å². The summed E-state index contributed by atoms with van der Waals surface area (Å²) in [6, 6.07) is 8.95. The first-order valence-electron chi connectivity index (χ1n) is 10.4. The van der Waals surface area contributed by atoms with E-state index < -0.39 is 45.8 Å². The Labute approximate surface area is 180 Å². The van der Waals surface area contributed by atoms with Gasteiger partial charge in [0, 0.05) is 29.4 Å². The van der Waals surface area contributed by atoms with Gasteiger partial charge in [-0.1, -0.05) is 6.07 Å². The molecule has 4 heterocycles. The second kappa shape index (κ2) is 6.19. The monoisotopic (exact) mass is 436 g/mol. The van der Waals surface area contributed by atoms with E-state index in [-0.39, 0.29) is 17.4 Å². The van der Waals surface area contributed by atoms with Gasteiger partial charge in [0.2, 0.25) is 17.7 Å². The molecule has 162 valence electrons. The molecule has 0 aliphatic carbocycles. The molecule has 4 aliphatic rings. The second-order valence-corrected chi connectivity index (χ2v) is 8.61. The molecule has 0 saturated carbocycles. The molecule has 9 nitrogen and oxygen atoms in total. The number of nitro benzene ring substituents is 1. The number of rotatable bonds is 2. The number of halogens is 1. The van der Waals surface area contributed by atoms with Crippen molar-refractivity contribution in [1.29, 1.82) is 0 Å². The quantitative estimate of drug-likeness (QED) is 0.439. The van der Waals surface area contributed by atoms with Gasteiger partial charge in [0.05, 0.1) is 22.4 Å². The fraction of sp³-hybridized carbons (Fsp3) is 0.318. The summed E-state index contributed by atoms with van der Waals surface area (Å²) < 4.78 is 14.3. The maximum Gasteiger partial charge on any atom is 0.271 e. The first-order valence-corrected chi connectivity index (χ1v) is 10.4. The Morgan fingerprint density at radius 2 is 1.94 bits per heavy atom. The number of carbonyl (C=O) groups is 3. The number of anilines is 2. The third kappa shape index (κ3) is 2.12. The molecular weight excluding hydrogens is 419 g/mol. The van der Waals surface area contributed by atoms with Crippen molar-refractivity contribution < 1.29 is 23.7 Å². The van der Waals surface area contributed by atoms with Crippen LogP contribution in [-0.4, -0.2) is 40.1 Å². The zero-order chi connectivity index (χ0) is 22.4. The molecule has 0 radical (unpaired) electrons. The summed E-state index contributed by atoms with van der Waals surface area (Å²) >= 11 is 0. The number of non-ortho nitro benzene ring substituents is 1. The van der Waals surface area contributed by atoms with Gasteiger partial charge in [0.1, 0.15) is 11.4 Å². The van der Waals surface area contributed by atoms with Gasteiger partial charge in [0.15, 0.2) is 0 Å². The molecule has 4 aliphatic heterocycles. The fourth-order valence-electron chi connectivity index (χ4n) is 6.18. The molecule has 0 unspecified atom stereocenters. The lowest BCUT2D eigenvalue weighted by molar-refractivity contribution is -0.384. The molecule has 2 aromatic carbocycles. The van der Waals surface area contributed by atoms with Crippen molar-refractivity contribution >= 4 is 34.8 Å². The van der Waals surface area contributed by atoms with E-state index in [1.54, 1.807) is 0 Å². The highest BCUT2D eigenvalue weighted by molar-refractivity contribution is 6.25. The largest absolute Gasteiger partial charge is 0.324 e. The number of hydrogen-bond donors (Lipinski definition) is 1. The normalized spacial score (nSPS) is 30.6. The molecule has 0 bridgehead atoms. The average Bonchev–Trinajstić information content (AvgIpc) is 3.46. The predicted octanol–water partition coefficient (Wildman–Crippen LogP) is 2.17. The van der Waals surface area contributed by atoms with Gasteiger partial charge < -0.3 is 5.32 Å². The predicted molar refractivity (Wildman–Crippen MR) is 109 cm³/mol. The summed E-state index contributed by atoms with van der Waals surface area (Å²) in [6.07, 6.45) is 1.37. The Balaban J connectivity index is 1.54. The van der Waals surface area contributed by atoms with Crippen LogP contribution in [0.1, 0.15) is 18.4 Å². The first-order chi connectivity index (χ1) is 15.4. The summed E-state index contributed by atoms with van der Waals surface area (Å²) in [5, 5.41) is 14.0. The molecule has 1 spiro atoms. The number of amides is 3. The van der Waals surface area contributed by atoms with Crippen LogP contribution in [0.15, 0.2) is 42.5 Å². The smallest absolute Gasteiger partial charge is 0.271 e. The summed E-state index contributed by atoms with van der Waals surface area (Å²) in [6.45, 7) is 0.512. The lowest BCUT2D eigenvalue weighted by atomic mass is 9.75. The number of carbonyl (C=O) groups excluding carboxylic acids is 3. The minimum Gasteiger partial charge on any atom is -0.324 e. The zero-order valence-electron chi connectivity index (χ0n) is 16.7. The minimum absolute atomic E-state index is 0.0983. The van der Waals surface area contributed by atoms with Gasteiger partial charge >= 0.3 is 0 Å². The molecule has 4 atom stereocenters. The third-order valence-electron chi connectivity index (χ3n) is 7.25. The molecule has 0 aromatic heterocycles. The molecule has 3 fully saturated rings. The van der Waals surface area contributed by atoms with Crippen LogP contribution in [0.4, 0.5) is 21.5 Å². The Hall–Kier alpha value is -3.66. The van der Waals surface area contributed by atoms with Crippen molar-refractivity contribution in [2.24, 2.45) is 11.8 Å². The number of nitrogens with zero attached hydrogens (tertiary/aromatic N) is 3. The van der Waals surface area contributed by atoms with Crippen LogP contribution >= 0.6 is 0 Å². The Morgan fingerprint density at radius 1 is 1.12 bits per heavy atom. The molecule has 32 heavy (non-hydrogen) atoms.